The minimum Gasteiger partial charge on any atom is -0.356 e. The monoisotopic (exact) mass is 252 g/mol. The van der Waals surface area contributed by atoms with Crippen LogP contribution in [0.25, 0.3) is 0 Å². The molecule has 2 N–H and O–H groups in total. The molecule has 2 fully saturated rings. The number of amides is 1. The predicted octanol–water partition coefficient (Wildman–Crippen LogP) is 2.03. The van der Waals surface area contributed by atoms with E-state index in [2.05, 4.69) is 45.3 Å². The molecule has 2 aliphatic rings. The van der Waals surface area contributed by atoms with Gasteiger partial charge in [-0.05, 0) is 42.2 Å². The van der Waals surface area contributed by atoms with Gasteiger partial charge >= 0.3 is 0 Å². The third-order valence-electron chi connectivity index (χ3n) is 5.92. The molecule has 2 unspecified atom stereocenters. The van der Waals surface area contributed by atoms with Crippen LogP contribution in [0.15, 0.2) is 0 Å². The lowest BCUT2D eigenvalue weighted by Gasteiger charge is -2.28. The highest BCUT2D eigenvalue weighted by Gasteiger charge is 2.64. The van der Waals surface area contributed by atoms with E-state index in [1.807, 2.05) is 0 Å². The first-order valence-electron chi connectivity index (χ1n) is 7.27. The molecule has 3 nitrogen and oxygen atoms in total. The molecule has 1 amide bonds. The van der Waals surface area contributed by atoms with Crippen molar-refractivity contribution in [2.75, 3.05) is 19.6 Å². The Hall–Kier alpha value is -0.570. The first-order valence-corrected chi connectivity index (χ1v) is 7.27. The maximum atomic E-state index is 12.2. The summed E-state index contributed by atoms with van der Waals surface area (Å²) in [5, 5.41) is 6.53. The van der Waals surface area contributed by atoms with Crippen LogP contribution < -0.4 is 10.6 Å². The maximum absolute atomic E-state index is 12.2. The standard InChI is InChI=1S/C15H28N2O/c1-10-8-16-7-6-11(10)13(18)17-9-12-14(2,3)15(12,4)5/h10-12,16H,6-9H2,1-5H3,(H,17,18). The van der Waals surface area contributed by atoms with Crippen molar-refractivity contribution < 1.29 is 4.79 Å². The Labute approximate surface area is 111 Å². The fourth-order valence-electron chi connectivity index (χ4n) is 3.58. The summed E-state index contributed by atoms with van der Waals surface area (Å²) in [6.07, 6.45) is 0.977. The number of hydrogen-bond acceptors (Lipinski definition) is 2. The van der Waals surface area contributed by atoms with Gasteiger partial charge in [-0.2, -0.15) is 0 Å². The van der Waals surface area contributed by atoms with Crippen molar-refractivity contribution in [1.29, 1.82) is 0 Å². The highest BCUT2D eigenvalue weighted by atomic mass is 16.1. The Morgan fingerprint density at radius 1 is 1.28 bits per heavy atom. The molecule has 1 aliphatic heterocycles. The van der Waals surface area contributed by atoms with Gasteiger partial charge in [-0.3, -0.25) is 4.79 Å². The van der Waals surface area contributed by atoms with Gasteiger partial charge in [0, 0.05) is 12.5 Å². The van der Waals surface area contributed by atoms with Crippen LogP contribution in [-0.2, 0) is 4.79 Å². The summed E-state index contributed by atoms with van der Waals surface area (Å²) in [5.41, 5.74) is 0.722. The van der Waals surface area contributed by atoms with E-state index in [9.17, 15) is 4.79 Å². The van der Waals surface area contributed by atoms with Crippen molar-refractivity contribution in [2.24, 2.45) is 28.6 Å². The molecule has 2 atom stereocenters. The average molecular weight is 252 g/mol. The molecule has 1 saturated carbocycles. The van der Waals surface area contributed by atoms with Gasteiger partial charge in [0.2, 0.25) is 5.91 Å². The summed E-state index contributed by atoms with van der Waals surface area (Å²) >= 11 is 0. The highest BCUT2D eigenvalue weighted by molar-refractivity contribution is 5.79. The zero-order valence-corrected chi connectivity index (χ0v) is 12.5. The summed E-state index contributed by atoms with van der Waals surface area (Å²) in [6.45, 7) is 14.2. The van der Waals surface area contributed by atoms with Crippen LogP contribution in [-0.4, -0.2) is 25.5 Å². The van der Waals surface area contributed by atoms with Crippen molar-refractivity contribution in [1.82, 2.24) is 10.6 Å². The quantitative estimate of drug-likeness (QED) is 0.807. The molecular formula is C15H28N2O. The molecule has 0 aromatic carbocycles. The van der Waals surface area contributed by atoms with E-state index in [1.54, 1.807) is 0 Å². The topological polar surface area (TPSA) is 41.1 Å². The van der Waals surface area contributed by atoms with E-state index in [0.717, 1.165) is 26.1 Å². The second-order valence-corrected chi connectivity index (χ2v) is 7.32. The minimum atomic E-state index is 0.205. The summed E-state index contributed by atoms with van der Waals surface area (Å²) in [5.74, 6) is 1.55. The maximum Gasteiger partial charge on any atom is 0.223 e. The van der Waals surface area contributed by atoms with E-state index in [-0.39, 0.29) is 11.8 Å². The highest BCUT2D eigenvalue weighted by Crippen LogP contribution is 2.67. The van der Waals surface area contributed by atoms with Gasteiger partial charge in [-0.25, -0.2) is 0 Å². The van der Waals surface area contributed by atoms with Crippen molar-refractivity contribution in [2.45, 2.75) is 41.0 Å². The molecular weight excluding hydrogens is 224 g/mol. The predicted molar refractivity (Wildman–Crippen MR) is 74.2 cm³/mol. The van der Waals surface area contributed by atoms with E-state index in [1.165, 1.54) is 0 Å². The smallest absolute Gasteiger partial charge is 0.223 e. The van der Waals surface area contributed by atoms with Crippen LogP contribution in [0.2, 0.25) is 0 Å². The first-order chi connectivity index (χ1) is 8.28. The number of piperidine rings is 1. The lowest BCUT2D eigenvalue weighted by Crippen LogP contribution is -2.44. The minimum absolute atomic E-state index is 0.205. The molecule has 18 heavy (non-hydrogen) atoms. The summed E-state index contributed by atoms with van der Waals surface area (Å²) in [7, 11) is 0. The summed E-state index contributed by atoms with van der Waals surface area (Å²) in [6, 6.07) is 0. The van der Waals surface area contributed by atoms with Gasteiger partial charge in [-0.1, -0.05) is 34.6 Å². The molecule has 0 spiro atoms. The molecule has 0 radical (unpaired) electrons. The Kier molecular flexibility index (Phi) is 3.48. The summed E-state index contributed by atoms with van der Waals surface area (Å²) < 4.78 is 0. The molecule has 0 bridgehead atoms. The molecule has 0 aromatic heterocycles. The van der Waals surface area contributed by atoms with Crippen molar-refractivity contribution >= 4 is 5.91 Å². The molecule has 1 aliphatic carbocycles. The van der Waals surface area contributed by atoms with Gasteiger partial charge in [0.25, 0.3) is 0 Å². The second-order valence-electron chi connectivity index (χ2n) is 7.32. The van der Waals surface area contributed by atoms with Gasteiger partial charge < -0.3 is 10.6 Å². The Balaban J connectivity index is 1.83. The largest absolute Gasteiger partial charge is 0.356 e. The number of nitrogens with one attached hydrogen (secondary N) is 2. The number of hydrogen-bond donors (Lipinski definition) is 2. The average Bonchev–Trinajstić information content (AvgIpc) is 2.67. The molecule has 104 valence electrons. The molecule has 3 heteroatoms. The van der Waals surface area contributed by atoms with Crippen LogP contribution in [0.5, 0.6) is 0 Å². The van der Waals surface area contributed by atoms with E-state index in [4.69, 9.17) is 0 Å². The fourth-order valence-corrected chi connectivity index (χ4v) is 3.58. The summed E-state index contributed by atoms with van der Waals surface area (Å²) in [4.78, 5) is 12.2. The zero-order valence-electron chi connectivity index (χ0n) is 12.5. The SMILES string of the molecule is CC1CNCCC1C(=O)NCC1C(C)(C)C1(C)C. The van der Waals surface area contributed by atoms with E-state index >= 15 is 0 Å². The first kappa shape index (κ1) is 13.9. The van der Waals surface area contributed by atoms with Crippen LogP contribution in [0, 0.1) is 28.6 Å². The van der Waals surface area contributed by atoms with Gasteiger partial charge in [0.1, 0.15) is 0 Å². The molecule has 1 heterocycles. The van der Waals surface area contributed by atoms with Crippen molar-refractivity contribution in [3.63, 3.8) is 0 Å². The van der Waals surface area contributed by atoms with Gasteiger partial charge in [0.15, 0.2) is 0 Å². The number of carbonyl (C=O) groups is 1. The Morgan fingerprint density at radius 2 is 1.89 bits per heavy atom. The Bertz CT molecular complexity index is 321. The van der Waals surface area contributed by atoms with E-state index in [0.29, 0.717) is 22.7 Å². The lowest BCUT2D eigenvalue weighted by atomic mass is 9.87. The van der Waals surface area contributed by atoms with Crippen molar-refractivity contribution in [3.05, 3.63) is 0 Å². The lowest BCUT2D eigenvalue weighted by molar-refractivity contribution is -0.127. The third kappa shape index (κ3) is 2.18. The second kappa shape index (κ2) is 4.52. The van der Waals surface area contributed by atoms with Gasteiger partial charge in [0.05, 0.1) is 0 Å². The molecule has 1 saturated heterocycles. The molecule has 0 aromatic rings. The number of rotatable bonds is 3. The third-order valence-corrected chi connectivity index (χ3v) is 5.92. The van der Waals surface area contributed by atoms with E-state index < -0.39 is 0 Å². The van der Waals surface area contributed by atoms with Crippen LogP contribution >= 0.6 is 0 Å². The van der Waals surface area contributed by atoms with Crippen LogP contribution in [0.1, 0.15) is 41.0 Å². The molecule has 2 rings (SSSR count). The normalized spacial score (nSPS) is 34.1. The fraction of sp³-hybridized carbons (Fsp3) is 0.933. The van der Waals surface area contributed by atoms with Crippen LogP contribution in [0.4, 0.5) is 0 Å². The Morgan fingerprint density at radius 3 is 2.39 bits per heavy atom. The van der Waals surface area contributed by atoms with Crippen molar-refractivity contribution in [3.8, 4) is 0 Å². The zero-order chi connectivity index (χ0) is 13.6. The van der Waals surface area contributed by atoms with Gasteiger partial charge in [-0.15, -0.1) is 0 Å². The number of carbonyl (C=O) groups excluding carboxylic acids is 1. The van der Waals surface area contributed by atoms with Crippen LogP contribution in [0.3, 0.4) is 0 Å².